The molecule has 2 aliphatic rings. The van der Waals surface area contributed by atoms with Crippen molar-refractivity contribution in [3.8, 4) is 17.2 Å². The molecule has 0 amide bonds. The molecule has 5 rings (SSSR count). The summed E-state index contributed by atoms with van der Waals surface area (Å²) in [5.41, 5.74) is 3.77. The number of carbonyl (C=O) groups excluding carboxylic acids is 1. The predicted octanol–water partition coefficient (Wildman–Crippen LogP) is 4.07. The number of hydrogen-bond acceptors (Lipinski definition) is 8. The fraction of sp³-hybridized carbons (Fsp3) is 0.385. The topological polar surface area (TPSA) is 87.4 Å². The Morgan fingerprint density at radius 3 is 2.82 bits per heavy atom. The second kappa shape index (κ2) is 9.38. The molecule has 0 atom stereocenters. The summed E-state index contributed by atoms with van der Waals surface area (Å²) in [5, 5.41) is 0.851. The first-order valence-corrected chi connectivity index (χ1v) is 11.5. The van der Waals surface area contributed by atoms with Crippen molar-refractivity contribution in [2.45, 2.75) is 46.2 Å². The molecule has 2 aromatic carbocycles. The highest BCUT2D eigenvalue weighted by Crippen LogP contribution is 2.38. The van der Waals surface area contributed by atoms with Gasteiger partial charge in [-0.05, 0) is 54.7 Å². The maximum absolute atomic E-state index is 12.2. The Morgan fingerprint density at radius 2 is 1.97 bits per heavy atom. The van der Waals surface area contributed by atoms with E-state index in [2.05, 4.69) is 4.90 Å². The first kappa shape index (κ1) is 22.3. The zero-order chi connectivity index (χ0) is 23.7. The summed E-state index contributed by atoms with van der Waals surface area (Å²) < 4.78 is 28.0. The van der Waals surface area contributed by atoms with Crippen LogP contribution in [0.25, 0.3) is 11.0 Å². The fourth-order valence-corrected chi connectivity index (χ4v) is 4.42. The monoisotopic (exact) mass is 465 g/mol. The van der Waals surface area contributed by atoms with E-state index in [1.807, 2.05) is 38.1 Å². The molecule has 34 heavy (non-hydrogen) atoms. The number of benzene rings is 2. The Labute approximate surface area is 197 Å². The van der Waals surface area contributed by atoms with Crippen LogP contribution in [-0.4, -0.2) is 31.0 Å². The van der Waals surface area contributed by atoms with Crippen LogP contribution in [0.5, 0.6) is 17.2 Å². The number of fused-ring (bicyclic) bond motifs is 4. The average Bonchev–Trinajstić information content (AvgIpc) is 3.29. The highest BCUT2D eigenvalue weighted by Gasteiger charge is 2.26. The zero-order valence-corrected chi connectivity index (χ0v) is 19.3. The number of nitrogens with zero attached hydrogens (tertiary/aromatic N) is 1. The molecule has 0 saturated heterocycles. The molecular weight excluding hydrogens is 438 g/mol. The van der Waals surface area contributed by atoms with E-state index in [9.17, 15) is 9.59 Å². The number of esters is 1. The molecule has 178 valence electrons. The van der Waals surface area contributed by atoms with E-state index in [1.165, 1.54) is 6.07 Å². The van der Waals surface area contributed by atoms with Crippen LogP contribution < -0.4 is 19.8 Å². The normalized spacial score (nSPS) is 14.6. The van der Waals surface area contributed by atoms with Gasteiger partial charge in [0.25, 0.3) is 0 Å². The van der Waals surface area contributed by atoms with Crippen LogP contribution in [0.1, 0.15) is 42.0 Å². The summed E-state index contributed by atoms with van der Waals surface area (Å²) in [4.78, 5) is 26.4. The SMILES string of the molecule is CCCOC(=O)CCc1cc2c(C)cc(=O)oc2c2c1OCN(Cc1ccc3c(c1)OCO3)C2. The minimum absolute atomic E-state index is 0.229. The standard InChI is InChI=1S/C26H27NO7/c1-3-8-30-23(28)7-5-18-11-19-16(2)9-24(29)34-26(19)20-13-27(14-31-25(18)20)12-17-4-6-21-22(10-17)33-15-32-21/h4,6,9-11H,3,5,7-8,12-15H2,1-2H3. The van der Waals surface area contributed by atoms with Crippen molar-refractivity contribution in [3.63, 3.8) is 0 Å². The quantitative estimate of drug-likeness (QED) is 0.381. The zero-order valence-electron chi connectivity index (χ0n) is 19.3. The van der Waals surface area contributed by atoms with Gasteiger partial charge in [0.05, 0.1) is 12.2 Å². The van der Waals surface area contributed by atoms with Gasteiger partial charge in [-0.2, -0.15) is 0 Å². The lowest BCUT2D eigenvalue weighted by atomic mass is 9.97. The molecule has 3 heterocycles. The molecule has 8 nitrogen and oxygen atoms in total. The molecule has 1 aromatic heterocycles. The van der Waals surface area contributed by atoms with Crippen molar-refractivity contribution in [1.82, 2.24) is 4.90 Å². The minimum Gasteiger partial charge on any atom is -0.477 e. The largest absolute Gasteiger partial charge is 0.477 e. The van der Waals surface area contributed by atoms with Crippen molar-refractivity contribution in [2.75, 3.05) is 20.1 Å². The van der Waals surface area contributed by atoms with Crippen LogP contribution in [-0.2, 0) is 29.0 Å². The number of hydrogen-bond donors (Lipinski definition) is 0. The van der Waals surface area contributed by atoms with Crippen LogP contribution >= 0.6 is 0 Å². The number of carbonyl (C=O) groups is 1. The van der Waals surface area contributed by atoms with Gasteiger partial charge in [0.15, 0.2) is 11.5 Å². The van der Waals surface area contributed by atoms with Gasteiger partial charge in [-0.25, -0.2) is 4.79 Å². The van der Waals surface area contributed by atoms with E-state index in [0.717, 1.165) is 45.6 Å². The molecule has 0 N–H and O–H groups in total. The summed E-state index contributed by atoms with van der Waals surface area (Å²) in [6.45, 7) is 6.05. The Morgan fingerprint density at radius 1 is 1.12 bits per heavy atom. The first-order chi connectivity index (χ1) is 16.5. The van der Waals surface area contributed by atoms with Crippen molar-refractivity contribution >= 4 is 16.9 Å². The lowest BCUT2D eigenvalue weighted by molar-refractivity contribution is -0.143. The molecule has 3 aromatic rings. The van der Waals surface area contributed by atoms with Gasteiger partial charge < -0.3 is 23.4 Å². The van der Waals surface area contributed by atoms with Crippen LogP contribution in [0.15, 0.2) is 39.5 Å². The second-order valence-electron chi connectivity index (χ2n) is 8.64. The predicted molar refractivity (Wildman–Crippen MR) is 124 cm³/mol. The Bertz CT molecular complexity index is 1300. The van der Waals surface area contributed by atoms with Crippen LogP contribution in [0.2, 0.25) is 0 Å². The van der Waals surface area contributed by atoms with Gasteiger partial charge in [-0.15, -0.1) is 0 Å². The highest BCUT2D eigenvalue weighted by molar-refractivity contribution is 5.86. The number of aryl methyl sites for hydroxylation is 2. The van der Waals surface area contributed by atoms with Crippen LogP contribution in [0.4, 0.5) is 0 Å². The van der Waals surface area contributed by atoms with Crippen molar-refractivity contribution in [1.29, 1.82) is 0 Å². The molecule has 0 unspecified atom stereocenters. The summed E-state index contributed by atoms with van der Waals surface area (Å²) in [6.07, 6.45) is 1.54. The molecule has 8 heteroatoms. The smallest absolute Gasteiger partial charge is 0.336 e. The molecule has 0 spiro atoms. The van der Waals surface area contributed by atoms with E-state index in [1.54, 1.807) is 0 Å². The Kier molecular flexibility index (Phi) is 6.15. The molecule has 0 bridgehead atoms. The lowest BCUT2D eigenvalue weighted by Gasteiger charge is -2.31. The third-order valence-corrected chi connectivity index (χ3v) is 6.05. The molecule has 0 radical (unpaired) electrons. The first-order valence-electron chi connectivity index (χ1n) is 11.5. The van der Waals surface area contributed by atoms with Gasteiger partial charge in [0.1, 0.15) is 18.1 Å². The maximum atomic E-state index is 12.2. The van der Waals surface area contributed by atoms with E-state index in [4.69, 9.17) is 23.4 Å². The maximum Gasteiger partial charge on any atom is 0.336 e. The van der Waals surface area contributed by atoms with E-state index >= 15 is 0 Å². The van der Waals surface area contributed by atoms with Crippen LogP contribution in [0.3, 0.4) is 0 Å². The summed E-state index contributed by atoms with van der Waals surface area (Å²) in [7, 11) is 0. The van der Waals surface area contributed by atoms with E-state index in [-0.39, 0.29) is 19.2 Å². The van der Waals surface area contributed by atoms with E-state index in [0.29, 0.717) is 44.2 Å². The van der Waals surface area contributed by atoms with Crippen molar-refractivity contribution in [3.05, 3.63) is 63.0 Å². The summed E-state index contributed by atoms with van der Waals surface area (Å²) in [5.74, 6) is 1.94. The average molecular weight is 466 g/mol. The molecule has 0 aliphatic carbocycles. The summed E-state index contributed by atoms with van der Waals surface area (Å²) >= 11 is 0. The molecule has 0 fully saturated rings. The van der Waals surface area contributed by atoms with Gasteiger partial charge >= 0.3 is 11.6 Å². The third-order valence-electron chi connectivity index (χ3n) is 6.05. The number of ether oxygens (including phenoxy) is 4. The Balaban J connectivity index is 1.44. The van der Waals surface area contributed by atoms with E-state index < -0.39 is 5.63 Å². The van der Waals surface area contributed by atoms with Gasteiger partial charge in [-0.1, -0.05) is 13.0 Å². The Hall–Kier alpha value is -3.52. The van der Waals surface area contributed by atoms with Gasteiger partial charge in [0, 0.05) is 31.0 Å². The highest BCUT2D eigenvalue weighted by atomic mass is 16.7. The van der Waals surface area contributed by atoms with Crippen molar-refractivity contribution in [2.24, 2.45) is 0 Å². The molecule has 2 aliphatic heterocycles. The molecule has 0 saturated carbocycles. The number of rotatable bonds is 7. The van der Waals surface area contributed by atoms with Gasteiger partial charge in [0.2, 0.25) is 6.79 Å². The minimum atomic E-state index is -0.393. The summed E-state index contributed by atoms with van der Waals surface area (Å²) in [6, 6.07) is 9.33. The van der Waals surface area contributed by atoms with Crippen LogP contribution in [0, 0.1) is 6.92 Å². The second-order valence-corrected chi connectivity index (χ2v) is 8.64. The lowest BCUT2D eigenvalue weighted by Crippen LogP contribution is -2.32. The fourth-order valence-electron chi connectivity index (χ4n) is 4.42. The molecular formula is C26H27NO7. The van der Waals surface area contributed by atoms with Crippen molar-refractivity contribution < 1.29 is 28.2 Å². The third kappa shape index (κ3) is 4.46. The van der Waals surface area contributed by atoms with Gasteiger partial charge in [-0.3, -0.25) is 9.69 Å².